The maximum atomic E-state index is 3.42. The van der Waals surface area contributed by atoms with Gasteiger partial charge < -0.3 is 4.98 Å². The first-order chi connectivity index (χ1) is 6.34. The van der Waals surface area contributed by atoms with Gasteiger partial charge in [0.05, 0.1) is 0 Å². The summed E-state index contributed by atoms with van der Waals surface area (Å²) in [6.07, 6.45) is 4.98. The molecule has 2 aromatic rings. The summed E-state index contributed by atoms with van der Waals surface area (Å²) in [6.45, 7) is 0. The number of hydrogen-bond acceptors (Lipinski definition) is 0. The lowest BCUT2D eigenvalue weighted by Gasteiger charge is -1.98. The number of H-pyrrole nitrogens is 1. The fraction of sp³-hybridized carbons (Fsp3) is 0.0909. The molecule has 0 spiro atoms. The van der Waals surface area contributed by atoms with Crippen LogP contribution >= 0.6 is 15.9 Å². The Morgan fingerprint density at radius 1 is 1.00 bits per heavy atom. The lowest BCUT2D eigenvalue weighted by atomic mass is 10.1. The molecule has 1 aromatic carbocycles. The highest BCUT2D eigenvalue weighted by Crippen LogP contribution is 2.13. The number of halogens is 1. The molecule has 0 radical (unpaired) electrons. The second-order valence-electron chi connectivity index (χ2n) is 3.02. The number of rotatable bonds is 2. The Balaban J connectivity index is 2.15. The van der Waals surface area contributed by atoms with Gasteiger partial charge in [0, 0.05) is 16.9 Å². The monoisotopic (exact) mass is 235 g/mol. The molecular formula is C11H10BrN. The van der Waals surface area contributed by atoms with Crippen molar-refractivity contribution in [1.82, 2.24) is 4.98 Å². The van der Waals surface area contributed by atoms with E-state index < -0.39 is 0 Å². The molecule has 1 N–H and O–H groups in total. The smallest absolute Gasteiger partial charge is 0.0175 e. The van der Waals surface area contributed by atoms with E-state index in [9.17, 15) is 0 Å². The third-order valence-corrected chi connectivity index (χ3v) is 2.51. The molecule has 1 aromatic heterocycles. The molecule has 0 atom stereocenters. The summed E-state index contributed by atoms with van der Waals surface area (Å²) in [7, 11) is 0. The number of hydrogen-bond donors (Lipinski definition) is 1. The number of aromatic nitrogens is 1. The van der Waals surface area contributed by atoms with Crippen molar-refractivity contribution in [1.29, 1.82) is 0 Å². The molecule has 2 rings (SSSR count). The summed E-state index contributed by atoms with van der Waals surface area (Å²) in [6, 6.07) is 10.5. The molecule has 0 saturated heterocycles. The molecule has 0 aliphatic heterocycles. The van der Waals surface area contributed by atoms with E-state index in [1.54, 1.807) is 0 Å². The van der Waals surface area contributed by atoms with Crippen molar-refractivity contribution in [3.8, 4) is 0 Å². The highest BCUT2D eigenvalue weighted by atomic mass is 79.9. The van der Waals surface area contributed by atoms with Crippen LogP contribution in [0, 0.1) is 0 Å². The van der Waals surface area contributed by atoms with Crippen molar-refractivity contribution in [3.05, 3.63) is 58.3 Å². The first kappa shape index (κ1) is 8.57. The van der Waals surface area contributed by atoms with E-state index in [2.05, 4.69) is 51.2 Å². The van der Waals surface area contributed by atoms with Gasteiger partial charge in [0.25, 0.3) is 0 Å². The zero-order valence-electron chi connectivity index (χ0n) is 7.13. The Labute approximate surface area is 85.9 Å². The van der Waals surface area contributed by atoms with Gasteiger partial charge in [0.1, 0.15) is 0 Å². The van der Waals surface area contributed by atoms with E-state index in [-0.39, 0.29) is 0 Å². The van der Waals surface area contributed by atoms with Gasteiger partial charge in [-0.05, 0) is 35.7 Å². The highest BCUT2D eigenvalue weighted by molar-refractivity contribution is 9.10. The van der Waals surface area contributed by atoms with Crippen LogP contribution in [0.5, 0.6) is 0 Å². The van der Waals surface area contributed by atoms with Gasteiger partial charge in [-0.2, -0.15) is 0 Å². The van der Waals surface area contributed by atoms with Crippen molar-refractivity contribution >= 4 is 15.9 Å². The van der Waals surface area contributed by atoms with Gasteiger partial charge >= 0.3 is 0 Å². The van der Waals surface area contributed by atoms with Gasteiger partial charge in [0.2, 0.25) is 0 Å². The van der Waals surface area contributed by atoms with Crippen LogP contribution in [-0.4, -0.2) is 4.98 Å². The fourth-order valence-corrected chi connectivity index (χ4v) is 1.57. The van der Waals surface area contributed by atoms with Crippen LogP contribution in [0.4, 0.5) is 0 Å². The van der Waals surface area contributed by atoms with E-state index in [1.165, 1.54) is 11.1 Å². The molecule has 0 aliphatic carbocycles. The molecule has 0 bridgehead atoms. The van der Waals surface area contributed by atoms with Gasteiger partial charge in [-0.1, -0.05) is 28.1 Å². The average molecular weight is 236 g/mol. The minimum Gasteiger partial charge on any atom is -0.367 e. The summed E-state index contributed by atoms with van der Waals surface area (Å²) in [5.74, 6) is 0. The standard InChI is InChI=1S/C11H10BrN/c12-11-3-1-9(2-4-11)7-10-5-6-13-8-10/h1-6,8,13H,7H2. The molecule has 0 amide bonds. The van der Waals surface area contributed by atoms with Crippen LogP contribution in [0.2, 0.25) is 0 Å². The zero-order chi connectivity index (χ0) is 9.10. The molecule has 1 nitrogen and oxygen atoms in total. The van der Waals surface area contributed by atoms with Crippen molar-refractivity contribution < 1.29 is 0 Å². The Morgan fingerprint density at radius 2 is 1.77 bits per heavy atom. The van der Waals surface area contributed by atoms with Crippen molar-refractivity contribution in [2.45, 2.75) is 6.42 Å². The van der Waals surface area contributed by atoms with Crippen LogP contribution < -0.4 is 0 Å². The first-order valence-corrected chi connectivity index (χ1v) is 5.00. The molecule has 2 heteroatoms. The first-order valence-electron chi connectivity index (χ1n) is 4.21. The number of nitrogens with one attached hydrogen (secondary N) is 1. The predicted molar refractivity (Wildman–Crippen MR) is 57.7 cm³/mol. The van der Waals surface area contributed by atoms with Crippen LogP contribution in [0.3, 0.4) is 0 Å². The topological polar surface area (TPSA) is 15.8 Å². The summed E-state index contributed by atoms with van der Waals surface area (Å²) >= 11 is 3.42. The van der Waals surface area contributed by atoms with E-state index in [1.807, 2.05) is 12.4 Å². The molecule has 13 heavy (non-hydrogen) atoms. The Kier molecular flexibility index (Phi) is 2.50. The molecule has 1 heterocycles. The average Bonchev–Trinajstić information content (AvgIpc) is 2.62. The van der Waals surface area contributed by atoms with Gasteiger partial charge in [-0.15, -0.1) is 0 Å². The minimum atomic E-state index is 0.997. The van der Waals surface area contributed by atoms with E-state index >= 15 is 0 Å². The fourth-order valence-electron chi connectivity index (χ4n) is 1.31. The predicted octanol–water partition coefficient (Wildman–Crippen LogP) is 3.37. The van der Waals surface area contributed by atoms with Crippen LogP contribution in [0.15, 0.2) is 47.2 Å². The van der Waals surface area contributed by atoms with Crippen molar-refractivity contribution in [3.63, 3.8) is 0 Å². The van der Waals surface area contributed by atoms with Gasteiger partial charge in [0.15, 0.2) is 0 Å². The SMILES string of the molecule is Brc1ccc(Cc2cc[nH]c2)cc1. The second kappa shape index (κ2) is 3.79. The maximum Gasteiger partial charge on any atom is 0.0175 e. The lowest BCUT2D eigenvalue weighted by Crippen LogP contribution is -1.84. The Morgan fingerprint density at radius 3 is 2.38 bits per heavy atom. The number of aromatic amines is 1. The molecule has 0 aliphatic rings. The Bertz CT molecular complexity index is 361. The number of benzene rings is 1. The molecule has 66 valence electrons. The van der Waals surface area contributed by atoms with Gasteiger partial charge in [-0.25, -0.2) is 0 Å². The minimum absolute atomic E-state index is 0.997. The summed E-state index contributed by atoms with van der Waals surface area (Å²) in [4.78, 5) is 3.05. The van der Waals surface area contributed by atoms with Crippen molar-refractivity contribution in [2.75, 3.05) is 0 Å². The molecule has 0 unspecified atom stereocenters. The molecule has 0 fully saturated rings. The summed E-state index contributed by atoms with van der Waals surface area (Å²) in [5.41, 5.74) is 2.66. The molecule has 0 saturated carbocycles. The van der Waals surface area contributed by atoms with Crippen LogP contribution in [0.25, 0.3) is 0 Å². The third kappa shape index (κ3) is 2.22. The van der Waals surface area contributed by atoms with E-state index in [0.29, 0.717) is 0 Å². The Hall–Kier alpha value is -1.02. The van der Waals surface area contributed by atoms with Crippen LogP contribution in [-0.2, 0) is 6.42 Å². The third-order valence-electron chi connectivity index (χ3n) is 1.98. The normalized spacial score (nSPS) is 10.2. The maximum absolute atomic E-state index is 3.42. The zero-order valence-corrected chi connectivity index (χ0v) is 8.71. The molecular weight excluding hydrogens is 226 g/mol. The summed E-state index contributed by atoms with van der Waals surface area (Å²) < 4.78 is 1.13. The second-order valence-corrected chi connectivity index (χ2v) is 3.94. The van der Waals surface area contributed by atoms with Gasteiger partial charge in [-0.3, -0.25) is 0 Å². The highest BCUT2D eigenvalue weighted by Gasteiger charge is 1.95. The largest absolute Gasteiger partial charge is 0.367 e. The van der Waals surface area contributed by atoms with E-state index in [4.69, 9.17) is 0 Å². The lowest BCUT2D eigenvalue weighted by molar-refractivity contribution is 1.19. The quantitative estimate of drug-likeness (QED) is 0.822. The summed E-state index contributed by atoms with van der Waals surface area (Å²) in [5, 5.41) is 0. The van der Waals surface area contributed by atoms with E-state index in [0.717, 1.165) is 10.9 Å². The van der Waals surface area contributed by atoms with Crippen LogP contribution in [0.1, 0.15) is 11.1 Å². The van der Waals surface area contributed by atoms with Crippen molar-refractivity contribution in [2.24, 2.45) is 0 Å².